The molecule has 0 bridgehead atoms. The van der Waals surface area contributed by atoms with Crippen molar-refractivity contribution in [3.63, 3.8) is 0 Å². The van der Waals surface area contributed by atoms with E-state index < -0.39 is 40.3 Å². The van der Waals surface area contributed by atoms with Gasteiger partial charge in [0.1, 0.15) is 11.6 Å². The monoisotopic (exact) mass is 416 g/mol. The van der Waals surface area contributed by atoms with Crippen LogP contribution >= 0.6 is 12.6 Å². The van der Waals surface area contributed by atoms with Gasteiger partial charge in [-0.3, -0.25) is 19.4 Å². The summed E-state index contributed by atoms with van der Waals surface area (Å²) in [5.74, 6) is -0.958. The second-order valence-corrected chi connectivity index (χ2v) is 6.99. The number of pyridine rings is 1. The van der Waals surface area contributed by atoms with Gasteiger partial charge in [-0.1, -0.05) is 0 Å². The number of rotatable bonds is 5. The second kappa shape index (κ2) is 7.97. The highest BCUT2D eigenvalue weighted by molar-refractivity contribution is 7.81. The largest absolute Gasteiger partial charge is 0.466 e. The predicted octanol–water partition coefficient (Wildman–Crippen LogP) is 2.57. The smallest absolute Gasteiger partial charge is 0.419 e. The van der Waals surface area contributed by atoms with E-state index >= 15 is 0 Å². The molecule has 1 aliphatic heterocycles. The highest BCUT2D eigenvalue weighted by Crippen LogP contribution is 2.39. The van der Waals surface area contributed by atoms with E-state index in [0.29, 0.717) is 6.07 Å². The van der Waals surface area contributed by atoms with E-state index in [2.05, 4.69) is 17.6 Å². The molecule has 7 nitrogen and oxygen atoms in total. The first-order valence-electron chi connectivity index (χ1n) is 8.36. The quantitative estimate of drug-likeness (QED) is 0.587. The van der Waals surface area contributed by atoms with Gasteiger partial charge in [0, 0.05) is 6.54 Å². The number of esters is 1. The fourth-order valence-electron chi connectivity index (χ4n) is 2.93. The van der Waals surface area contributed by atoms with Gasteiger partial charge in [0.15, 0.2) is 5.69 Å². The van der Waals surface area contributed by atoms with Crippen molar-refractivity contribution < 1.29 is 27.5 Å². The van der Waals surface area contributed by atoms with Gasteiger partial charge in [0.25, 0.3) is 0 Å². The summed E-state index contributed by atoms with van der Waals surface area (Å²) >= 11 is 4.38. The van der Waals surface area contributed by atoms with Gasteiger partial charge in [0.05, 0.1) is 36.0 Å². The molecule has 28 heavy (non-hydrogen) atoms. The number of amides is 1. The Balaban J connectivity index is 2.38. The van der Waals surface area contributed by atoms with E-state index in [9.17, 15) is 22.8 Å². The van der Waals surface area contributed by atoms with Crippen LogP contribution in [0.4, 0.5) is 18.9 Å². The van der Waals surface area contributed by atoms with Crippen LogP contribution in [0.15, 0.2) is 12.3 Å². The zero-order valence-electron chi connectivity index (χ0n) is 15.4. The average molecular weight is 416 g/mol. The van der Waals surface area contributed by atoms with Crippen LogP contribution in [-0.4, -0.2) is 45.9 Å². The maximum atomic E-state index is 13.2. The molecule has 2 heterocycles. The molecule has 1 unspecified atom stereocenters. The summed E-state index contributed by atoms with van der Waals surface area (Å²) in [6, 6.07) is 2.10. The van der Waals surface area contributed by atoms with Crippen molar-refractivity contribution in [2.24, 2.45) is 0 Å². The molecule has 0 spiro atoms. The first-order valence-corrected chi connectivity index (χ1v) is 8.88. The third-order valence-corrected chi connectivity index (χ3v) is 4.90. The van der Waals surface area contributed by atoms with Crippen molar-refractivity contribution in [2.75, 3.05) is 18.1 Å². The van der Waals surface area contributed by atoms with Crippen LogP contribution in [0.3, 0.4) is 0 Å². The highest BCUT2D eigenvalue weighted by Gasteiger charge is 2.51. The molecule has 1 saturated heterocycles. The molecular weight excluding hydrogens is 397 g/mol. The molecule has 1 aliphatic rings. The molecule has 11 heteroatoms. The Kier molecular flexibility index (Phi) is 6.25. The number of thiol groups is 1. The van der Waals surface area contributed by atoms with Crippen molar-refractivity contribution in [3.8, 4) is 6.07 Å². The van der Waals surface area contributed by atoms with Crippen LogP contribution in [0.25, 0.3) is 0 Å². The first-order chi connectivity index (χ1) is 12.9. The zero-order valence-corrected chi connectivity index (χ0v) is 16.3. The molecule has 0 N–H and O–H groups in total. The van der Waals surface area contributed by atoms with Crippen molar-refractivity contribution in [1.29, 1.82) is 5.26 Å². The Bertz CT molecular complexity index is 823. The molecule has 1 atom stereocenters. The molecule has 1 fully saturated rings. The van der Waals surface area contributed by atoms with E-state index in [1.54, 1.807) is 25.7 Å². The third kappa shape index (κ3) is 4.07. The lowest BCUT2D eigenvalue weighted by molar-refractivity contribution is -0.144. The van der Waals surface area contributed by atoms with Gasteiger partial charge in [-0.15, -0.1) is 12.6 Å². The fourth-order valence-corrected chi connectivity index (χ4v) is 3.57. The van der Waals surface area contributed by atoms with Crippen LogP contribution in [0, 0.1) is 11.3 Å². The second-order valence-electron chi connectivity index (χ2n) is 6.53. The van der Waals surface area contributed by atoms with Crippen LogP contribution in [0.1, 0.15) is 38.4 Å². The number of hydrogen-bond acceptors (Lipinski definition) is 7. The minimum Gasteiger partial charge on any atom is -0.466 e. The SMILES string of the molecule is CCOC(=O)CCN1C(S)N(c2cnc(C#N)c(C(F)(F)F)c2)C(=O)C1(C)C. The molecule has 0 aliphatic carbocycles. The van der Waals surface area contributed by atoms with E-state index in [-0.39, 0.29) is 25.3 Å². The number of halogens is 3. The number of ether oxygens (including phenoxy) is 1. The Morgan fingerprint density at radius 2 is 2.11 bits per heavy atom. The van der Waals surface area contributed by atoms with E-state index in [4.69, 9.17) is 10.00 Å². The molecule has 2 rings (SSSR count). The lowest BCUT2D eigenvalue weighted by Crippen LogP contribution is -2.45. The van der Waals surface area contributed by atoms with Gasteiger partial charge in [-0.05, 0) is 26.8 Å². The van der Waals surface area contributed by atoms with Crippen LogP contribution < -0.4 is 4.90 Å². The molecule has 0 radical (unpaired) electrons. The standard InChI is InChI=1S/C17H19F3N4O3S/c1-4-27-13(25)5-6-23-15(28)24(14(26)16(23,2)3)10-7-11(17(18,19)20)12(8-21)22-9-10/h7,9,15,28H,4-6H2,1-3H3. The molecule has 1 amide bonds. The summed E-state index contributed by atoms with van der Waals surface area (Å²) in [7, 11) is 0. The van der Waals surface area contributed by atoms with E-state index in [1.807, 2.05) is 0 Å². The van der Waals surface area contributed by atoms with Crippen molar-refractivity contribution in [2.45, 2.75) is 44.4 Å². The minimum atomic E-state index is -4.80. The van der Waals surface area contributed by atoms with Gasteiger partial charge in [0.2, 0.25) is 5.91 Å². The first kappa shape index (κ1) is 22.0. The van der Waals surface area contributed by atoms with E-state index in [1.165, 1.54) is 6.07 Å². The Morgan fingerprint density at radius 3 is 2.64 bits per heavy atom. The van der Waals surface area contributed by atoms with Gasteiger partial charge in [-0.2, -0.15) is 18.4 Å². The number of hydrogen-bond donors (Lipinski definition) is 1. The average Bonchev–Trinajstić information content (AvgIpc) is 2.77. The van der Waals surface area contributed by atoms with E-state index in [0.717, 1.165) is 11.1 Å². The van der Waals surface area contributed by atoms with Crippen LogP contribution in [0.2, 0.25) is 0 Å². The Hall–Kier alpha value is -2.32. The lowest BCUT2D eigenvalue weighted by Gasteiger charge is -2.30. The summed E-state index contributed by atoms with van der Waals surface area (Å²) in [4.78, 5) is 30.7. The van der Waals surface area contributed by atoms with Crippen molar-refractivity contribution >= 4 is 30.2 Å². The Labute approximate surface area is 165 Å². The maximum absolute atomic E-state index is 13.2. The summed E-state index contributed by atoms with van der Waals surface area (Å²) < 4.78 is 44.6. The number of aromatic nitrogens is 1. The molecule has 1 aromatic rings. The van der Waals surface area contributed by atoms with Crippen molar-refractivity contribution in [1.82, 2.24) is 9.88 Å². The summed E-state index contributed by atoms with van der Waals surface area (Å²) in [6.07, 6.45) is -3.78. The highest BCUT2D eigenvalue weighted by atomic mass is 32.1. The number of carbonyl (C=O) groups excluding carboxylic acids is 2. The molecular formula is C17H19F3N4O3S. The van der Waals surface area contributed by atoms with Gasteiger partial charge >= 0.3 is 12.1 Å². The summed E-state index contributed by atoms with van der Waals surface area (Å²) in [5, 5.41) is 8.87. The number of anilines is 1. The maximum Gasteiger partial charge on any atom is 0.419 e. The van der Waals surface area contributed by atoms with Gasteiger partial charge in [-0.25, -0.2) is 4.98 Å². The van der Waals surface area contributed by atoms with Crippen LogP contribution in [-0.2, 0) is 20.5 Å². The van der Waals surface area contributed by atoms with Crippen LogP contribution in [0.5, 0.6) is 0 Å². The fraction of sp³-hybridized carbons (Fsp3) is 0.529. The minimum absolute atomic E-state index is 0.00509. The third-order valence-electron chi connectivity index (χ3n) is 4.39. The molecule has 152 valence electrons. The topological polar surface area (TPSA) is 86.5 Å². The number of carbonyl (C=O) groups is 2. The summed E-state index contributed by atoms with van der Waals surface area (Å²) in [5.41, 5.74) is -4.19. The molecule has 0 saturated carbocycles. The lowest BCUT2D eigenvalue weighted by atomic mass is 10.0. The van der Waals surface area contributed by atoms with Gasteiger partial charge < -0.3 is 4.74 Å². The Morgan fingerprint density at radius 1 is 1.46 bits per heavy atom. The predicted molar refractivity (Wildman–Crippen MR) is 96.2 cm³/mol. The molecule has 0 aromatic carbocycles. The van der Waals surface area contributed by atoms with Crippen molar-refractivity contribution in [3.05, 3.63) is 23.5 Å². The molecule has 1 aromatic heterocycles. The summed E-state index contributed by atoms with van der Waals surface area (Å²) in [6.45, 7) is 5.18. The number of nitriles is 1. The number of alkyl halides is 3. The number of nitrogens with zero attached hydrogens (tertiary/aromatic N) is 4. The zero-order chi connectivity index (χ0) is 21.3. The normalized spacial score (nSPS) is 19.6.